The number of rotatable bonds is 4. The Morgan fingerprint density at radius 2 is 1.34 bits per heavy atom. The quantitative estimate of drug-likeness (QED) is 0.209. The van der Waals surface area contributed by atoms with Gasteiger partial charge in [-0.25, -0.2) is 0 Å². The van der Waals surface area contributed by atoms with Crippen LogP contribution in [-0.2, 0) is 9.59 Å². The largest absolute Gasteiger partial charge is 0.481 e. The molecule has 1 amide bonds. The maximum absolute atomic E-state index is 13.0. The number of amides is 1. The van der Waals surface area contributed by atoms with E-state index in [1.54, 1.807) is 0 Å². The topological polar surface area (TPSA) is 156 Å². The van der Waals surface area contributed by atoms with Crippen LogP contribution in [0.2, 0.25) is 0 Å². The summed E-state index contributed by atoms with van der Waals surface area (Å²) in [5.74, 6) is -0.841. The molecule has 1 atom stereocenters. The fraction of sp³-hybridized carbons (Fsp3) is 0.905. The first-order chi connectivity index (χ1) is 15.5. The lowest BCUT2D eigenvalue weighted by atomic mass is 10.0. The molecular weight excluding hydrogens is 412 g/mol. The molecule has 0 aromatic rings. The number of hydrogen-bond donors (Lipinski definition) is 8. The molecule has 9 N–H and O–H groups in total. The molecule has 3 saturated heterocycles. The van der Waals surface area contributed by atoms with Crippen LogP contribution >= 0.6 is 0 Å². The maximum atomic E-state index is 13.0. The minimum absolute atomic E-state index is 0.0198. The molecular formula is C21H42N8O3. The third kappa shape index (κ3) is 7.08. The fourth-order valence-electron chi connectivity index (χ4n) is 4.77. The Kier molecular flexibility index (Phi) is 9.65. The van der Waals surface area contributed by atoms with E-state index in [0.29, 0.717) is 26.1 Å². The zero-order chi connectivity index (χ0) is 22.9. The van der Waals surface area contributed by atoms with E-state index in [4.69, 9.17) is 10.8 Å². The molecule has 1 unspecified atom stereocenters. The Morgan fingerprint density at radius 1 is 0.812 bits per heavy atom. The smallest absolute Gasteiger partial charge is 0.303 e. The van der Waals surface area contributed by atoms with E-state index in [9.17, 15) is 9.59 Å². The first-order valence-corrected chi connectivity index (χ1v) is 12.1. The number of carbonyl (C=O) groups excluding carboxylic acids is 1. The number of carboxylic acid groups (broad SMARTS) is 1. The van der Waals surface area contributed by atoms with Crippen molar-refractivity contribution in [2.24, 2.45) is 5.73 Å². The standard InChI is InChI=1S/C21H42N8O3/c22-20-12-23-6-2-8-25-15-21(16-26-9-3-7-24-13-20)19(28-11-10-27-14-20)29(21)17(30)4-1-5-18(31)32/h19,23-28H,1-16,22H2,(H,31,32). The summed E-state index contributed by atoms with van der Waals surface area (Å²) in [5.41, 5.74) is 5.99. The molecule has 3 aliphatic heterocycles. The van der Waals surface area contributed by atoms with Crippen LogP contribution in [0.1, 0.15) is 32.1 Å². The van der Waals surface area contributed by atoms with Gasteiger partial charge in [0.2, 0.25) is 5.91 Å². The van der Waals surface area contributed by atoms with Gasteiger partial charge in [0.15, 0.2) is 0 Å². The lowest BCUT2D eigenvalue weighted by Crippen LogP contribution is -2.61. The summed E-state index contributed by atoms with van der Waals surface area (Å²) in [4.78, 5) is 25.8. The van der Waals surface area contributed by atoms with Gasteiger partial charge >= 0.3 is 5.97 Å². The van der Waals surface area contributed by atoms with Crippen LogP contribution in [0.25, 0.3) is 0 Å². The highest BCUT2D eigenvalue weighted by Crippen LogP contribution is 2.39. The Morgan fingerprint density at radius 3 is 1.91 bits per heavy atom. The Bertz CT molecular complexity index is 602. The van der Waals surface area contributed by atoms with E-state index in [-0.39, 0.29) is 36.0 Å². The molecule has 0 aromatic heterocycles. The molecule has 3 heterocycles. The minimum atomic E-state index is -0.861. The number of nitrogens with zero attached hydrogens (tertiary/aromatic N) is 1. The van der Waals surface area contributed by atoms with Gasteiger partial charge in [-0.05, 0) is 45.4 Å². The number of aliphatic carboxylic acids is 1. The number of nitrogens with two attached hydrogens (primary N) is 1. The highest BCUT2D eigenvalue weighted by atomic mass is 16.4. The molecule has 2 bridgehead atoms. The predicted octanol–water partition coefficient (Wildman–Crippen LogP) is -2.81. The van der Waals surface area contributed by atoms with E-state index in [1.165, 1.54) is 0 Å². The number of hydrogen-bond acceptors (Lipinski definition) is 9. The zero-order valence-electron chi connectivity index (χ0n) is 19.2. The van der Waals surface area contributed by atoms with Crippen molar-refractivity contribution in [1.82, 2.24) is 36.8 Å². The molecule has 3 aliphatic rings. The van der Waals surface area contributed by atoms with Crippen LogP contribution in [0.5, 0.6) is 0 Å². The number of nitrogens with one attached hydrogen (secondary N) is 6. The second-order valence-corrected chi connectivity index (χ2v) is 9.42. The Hall–Kier alpha value is -1.34. The molecule has 3 rings (SSSR count). The lowest BCUT2D eigenvalue weighted by molar-refractivity contribution is -0.137. The monoisotopic (exact) mass is 454 g/mol. The van der Waals surface area contributed by atoms with Gasteiger partial charge in [-0.3, -0.25) is 14.9 Å². The second-order valence-electron chi connectivity index (χ2n) is 9.42. The van der Waals surface area contributed by atoms with Gasteiger partial charge in [-0.15, -0.1) is 0 Å². The molecule has 11 heteroatoms. The fourth-order valence-corrected chi connectivity index (χ4v) is 4.77. The molecule has 184 valence electrons. The van der Waals surface area contributed by atoms with Gasteiger partial charge in [0, 0.05) is 58.7 Å². The van der Waals surface area contributed by atoms with E-state index in [1.807, 2.05) is 4.90 Å². The summed E-state index contributed by atoms with van der Waals surface area (Å²) >= 11 is 0. The van der Waals surface area contributed by atoms with Crippen LogP contribution in [-0.4, -0.2) is 111 Å². The first kappa shape index (κ1) is 25.3. The Balaban J connectivity index is 1.72. The molecule has 0 spiro atoms. The van der Waals surface area contributed by atoms with Crippen LogP contribution < -0.4 is 37.6 Å². The number of carboxylic acids is 1. The first-order valence-electron chi connectivity index (χ1n) is 12.1. The van der Waals surface area contributed by atoms with Crippen molar-refractivity contribution >= 4 is 11.9 Å². The van der Waals surface area contributed by atoms with Crippen molar-refractivity contribution < 1.29 is 14.7 Å². The van der Waals surface area contributed by atoms with Gasteiger partial charge in [0.25, 0.3) is 0 Å². The van der Waals surface area contributed by atoms with E-state index >= 15 is 0 Å². The predicted molar refractivity (Wildman–Crippen MR) is 123 cm³/mol. The van der Waals surface area contributed by atoms with Gasteiger partial charge in [-0.2, -0.15) is 0 Å². The lowest BCUT2D eigenvalue weighted by Gasteiger charge is -2.31. The van der Waals surface area contributed by atoms with Crippen molar-refractivity contribution in [3.8, 4) is 0 Å². The molecule has 0 aromatic carbocycles. The Labute approximate surface area is 191 Å². The zero-order valence-corrected chi connectivity index (χ0v) is 19.2. The molecule has 3 fully saturated rings. The second kappa shape index (κ2) is 12.2. The molecule has 11 nitrogen and oxygen atoms in total. The average molecular weight is 455 g/mol. The van der Waals surface area contributed by atoms with Crippen molar-refractivity contribution in [3.05, 3.63) is 0 Å². The number of carbonyl (C=O) groups is 2. The summed E-state index contributed by atoms with van der Waals surface area (Å²) in [7, 11) is 0. The summed E-state index contributed by atoms with van der Waals surface area (Å²) in [6, 6.07) is 0. The van der Waals surface area contributed by atoms with Crippen molar-refractivity contribution in [3.63, 3.8) is 0 Å². The van der Waals surface area contributed by atoms with Gasteiger partial charge in [0.05, 0.1) is 5.54 Å². The van der Waals surface area contributed by atoms with Gasteiger partial charge < -0.3 is 42.3 Å². The van der Waals surface area contributed by atoms with E-state index in [2.05, 4.69) is 31.9 Å². The molecule has 0 saturated carbocycles. The van der Waals surface area contributed by atoms with Crippen LogP contribution in [0, 0.1) is 0 Å². The van der Waals surface area contributed by atoms with Crippen LogP contribution in [0.15, 0.2) is 0 Å². The highest BCUT2D eigenvalue weighted by molar-refractivity contribution is 5.81. The van der Waals surface area contributed by atoms with E-state index in [0.717, 1.165) is 65.2 Å². The normalized spacial score (nSPS) is 33.3. The van der Waals surface area contributed by atoms with Gasteiger partial charge in [0.1, 0.15) is 11.7 Å². The minimum Gasteiger partial charge on any atom is -0.481 e. The van der Waals surface area contributed by atoms with Crippen molar-refractivity contribution in [2.75, 3.05) is 72.0 Å². The van der Waals surface area contributed by atoms with E-state index < -0.39 is 5.97 Å². The van der Waals surface area contributed by atoms with Crippen LogP contribution in [0.3, 0.4) is 0 Å². The average Bonchev–Trinajstić information content (AvgIpc) is 3.37. The summed E-state index contributed by atoms with van der Waals surface area (Å²) < 4.78 is 0. The molecule has 0 aliphatic carbocycles. The third-order valence-corrected chi connectivity index (χ3v) is 6.58. The van der Waals surface area contributed by atoms with Crippen LogP contribution in [0.4, 0.5) is 0 Å². The highest BCUT2D eigenvalue weighted by Gasteiger charge is 2.63. The third-order valence-electron chi connectivity index (χ3n) is 6.58. The summed E-state index contributed by atoms with van der Waals surface area (Å²) in [6.45, 7) is 8.59. The van der Waals surface area contributed by atoms with Crippen molar-refractivity contribution in [2.45, 2.75) is 49.3 Å². The summed E-state index contributed by atoms with van der Waals surface area (Å²) in [5, 5.41) is 30.1. The maximum Gasteiger partial charge on any atom is 0.303 e. The van der Waals surface area contributed by atoms with Gasteiger partial charge in [-0.1, -0.05) is 0 Å². The summed E-state index contributed by atoms with van der Waals surface area (Å²) in [6.07, 6.45) is 2.54. The molecule has 32 heavy (non-hydrogen) atoms. The number of fused-ring (bicyclic) bond motifs is 5. The van der Waals surface area contributed by atoms with Crippen molar-refractivity contribution in [1.29, 1.82) is 0 Å². The molecule has 0 radical (unpaired) electrons. The SMILES string of the molecule is NC12CNCCCNCC3(CNCCCNC1)C(NCCNC2)N3C(=O)CCCC(=O)O.